The molecular formula is C11H8N4S2. The molecule has 0 amide bonds. The first-order valence-electron chi connectivity index (χ1n) is 4.98. The van der Waals surface area contributed by atoms with Gasteiger partial charge in [-0.2, -0.15) is 0 Å². The zero-order chi connectivity index (χ0) is 11.7. The maximum Gasteiger partial charge on any atom is 0.206 e. The Hall–Kier alpha value is -1.79. The fourth-order valence-electron chi connectivity index (χ4n) is 1.51. The second kappa shape index (κ2) is 4.23. The number of para-hydroxylation sites is 2. The monoisotopic (exact) mass is 260 g/mol. The Morgan fingerprint density at radius 2 is 2.24 bits per heavy atom. The van der Waals surface area contributed by atoms with Crippen molar-refractivity contribution >= 4 is 45.5 Å². The van der Waals surface area contributed by atoms with Crippen molar-refractivity contribution in [1.82, 2.24) is 15.0 Å². The van der Waals surface area contributed by atoms with E-state index in [9.17, 15) is 0 Å². The lowest BCUT2D eigenvalue weighted by Crippen LogP contribution is -2.10. The summed E-state index contributed by atoms with van der Waals surface area (Å²) in [7, 11) is 0. The third-order valence-corrected chi connectivity index (χ3v) is 3.46. The van der Waals surface area contributed by atoms with Gasteiger partial charge in [-0.25, -0.2) is 9.97 Å². The van der Waals surface area contributed by atoms with Crippen LogP contribution in [-0.4, -0.2) is 19.9 Å². The van der Waals surface area contributed by atoms with Crippen LogP contribution in [0.1, 0.15) is 5.01 Å². The molecule has 0 atom stereocenters. The Labute approximate surface area is 107 Å². The van der Waals surface area contributed by atoms with Crippen molar-refractivity contribution in [2.45, 2.75) is 0 Å². The molecule has 0 saturated heterocycles. The SMILES string of the molecule is S=C(Nc1nc2ccccc2[nH]1)c1nccs1. The minimum absolute atomic E-state index is 0.582. The Balaban J connectivity index is 1.88. The van der Waals surface area contributed by atoms with E-state index in [1.807, 2.05) is 29.6 Å². The van der Waals surface area contributed by atoms with Crippen LogP contribution in [0.4, 0.5) is 5.95 Å². The van der Waals surface area contributed by atoms with Gasteiger partial charge in [0, 0.05) is 11.6 Å². The Bertz CT molecular complexity index is 624. The lowest BCUT2D eigenvalue weighted by atomic mass is 10.3. The summed E-state index contributed by atoms with van der Waals surface area (Å²) < 4.78 is 0. The number of hydrogen-bond acceptors (Lipinski definition) is 4. The topological polar surface area (TPSA) is 53.6 Å². The Kier molecular flexibility index (Phi) is 2.58. The van der Waals surface area contributed by atoms with Crippen molar-refractivity contribution < 1.29 is 0 Å². The van der Waals surface area contributed by atoms with E-state index >= 15 is 0 Å². The number of fused-ring (bicyclic) bond motifs is 1. The summed E-state index contributed by atoms with van der Waals surface area (Å²) in [5.41, 5.74) is 1.90. The van der Waals surface area contributed by atoms with Gasteiger partial charge in [0.2, 0.25) is 5.95 Å². The van der Waals surface area contributed by atoms with Gasteiger partial charge in [0.25, 0.3) is 0 Å². The number of thiazole rings is 1. The molecule has 0 bridgehead atoms. The smallest absolute Gasteiger partial charge is 0.206 e. The van der Waals surface area contributed by atoms with E-state index in [1.54, 1.807) is 6.20 Å². The molecule has 3 aromatic rings. The van der Waals surface area contributed by atoms with Crippen LogP contribution in [0.2, 0.25) is 0 Å². The molecule has 0 aliphatic carbocycles. The molecule has 1 aromatic carbocycles. The Morgan fingerprint density at radius 3 is 3.00 bits per heavy atom. The summed E-state index contributed by atoms with van der Waals surface area (Å²) >= 11 is 6.74. The molecular weight excluding hydrogens is 252 g/mol. The lowest BCUT2D eigenvalue weighted by molar-refractivity contribution is 1.32. The highest BCUT2D eigenvalue weighted by atomic mass is 32.1. The van der Waals surface area contributed by atoms with Gasteiger partial charge in [-0.05, 0) is 12.1 Å². The first kappa shape index (κ1) is 10.4. The van der Waals surface area contributed by atoms with Gasteiger partial charge in [0.15, 0.2) is 5.01 Å². The molecule has 3 rings (SSSR count). The molecule has 2 heterocycles. The molecule has 0 fully saturated rings. The molecule has 0 saturated carbocycles. The summed E-state index contributed by atoms with van der Waals surface area (Å²) in [6, 6.07) is 7.83. The summed E-state index contributed by atoms with van der Waals surface area (Å²) in [5, 5.41) is 5.73. The number of benzene rings is 1. The molecule has 0 aliphatic heterocycles. The zero-order valence-electron chi connectivity index (χ0n) is 8.68. The Morgan fingerprint density at radius 1 is 1.35 bits per heavy atom. The second-order valence-electron chi connectivity index (χ2n) is 3.39. The van der Waals surface area contributed by atoms with Crippen LogP contribution in [0.15, 0.2) is 35.8 Å². The standard InChI is InChI=1S/C11H8N4S2/c16-9(10-12-5-6-17-10)15-11-13-7-3-1-2-4-8(7)14-11/h1-6H,(H2,13,14,15,16). The third kappa shape index (κ3) is 2.04. The predicted octanol–water partition coefficient (Wildman–Crippen LogP) is 2.81. The van der Waals surface area contributed by atoms with Crippen LogP contribution in [0.5, 0.6) is 0 Å². The van der Waals surface area contributed by atoms with Crippen molar-refractivity contribution in [1.29, 1.82) is 0 Å². The fourth-order valence-corrected chi connectivity index (χ4v) is 2.33. The average Bonchev–Trinajstić information content (AvgIpc) is 2.97. The number of imidazole rings is 1. The minimum Gasteiger partial charge on any atom is -0.324 e. The number of nitrogens with one attached hydrogen (secondary N) is 2. The summed E-state index contributed by atoms with van der Waals surface area (Å²) in [6.45, 7) is 0. The van der Waals surface area contributed by atoms with Gasteiger partial charge < -0.3 is 10.3 Å². The molecule has 0 aliphatic rings. The number of anilines is 1. The quantitative estimate of drug-likeness (QED) is 0.696. The number of nitrogens with zero attached hydrogens (tertiary/aromatic N) is 2. The van der Waals surface area contributed by atoms with Crippen molar-refractivity contribution in [3.8, 4) is 0 Å². The fraction of sp³-hybridized carbons (Fsp3) is 0. The maximum atomic E-state index is 5.24. The van der Waals surface area contributed by atoms with Gasteiger partial charge >= 0.3 is 0 Å². The van der Waals surface area contributed by atoms with E-state index in [0.717, 1.165) is 16.0 Å². The number of thiocarbonyl (C=S) groups is 1. The van der Waals surface area contributed by atoms with Crippen molar-refractivity contribution in [2.75, 3.05) is 5.32 Å². The lowest BCUT2D eigenvalue weighted by Gasteiger charge is -1.99. The van der Waals surface area contributed by atoms with Gasteiger partial charge in [-0.3, -0.25) is 0 Å². The first-order chi connectivity index (χ1) is 8.33. The van der Waals surface area contributed by atoms with Gasteiger partial charge in [0.1, 0.15) is 4.99 Å². The van der Waals surface area contributed by atoms with Crippen molar-refractivity contribution in [2.24, 2.45) is 0 Å². The molecule has 4 nitrogen and oxygen atoms in total. The highest BCUT2D eigenvalue weighted by Gasteiger charge is 2.07. The molecule has 0 radical (unpaired) electrons. The second-order valence-corrected chi connectivity index (χ2v) is 4.70. The average molecular weight is 260 g/mol. The largest absolute Gasteiger partial charge is 0.324 e. The van der Waals surface area contributed by atoms with E-state index < -0.39 is 0 Å². The number of rotatable bonds is 2. The summed E-state index contributed by atoms with van der Waals surface area (Å²) in [4.78, 5) is 12.3. The molecule has 2 aromatic heterocycles. The zero-order valence-corrected chi connectivity index (χ0v) is 10.3. The predicted molar refractivity (Wildman–Crippen MR) is 73.5 cm³/mol. The third-order valence-electron chi connectivity index (χ3n) is 2.25. The number of H-pyrrole nitrogens is 1. The molecule has 6 heteroatoms. The molecule has 0 unspecified atom stereocenters. The minimum atomic E-state index is 0.582. The van der Waals surface area contributed by atoms with Gasteiger partial charge in [-0.1, -0.05) is 24.4 Å². The summed E-state index contributed by atoms with van der Waals surface area (Å²) in [6.07, 6.45) is 1.73. The highest BCUT2D eigenvalue weighted by Crippen LogP contribution is 2.15. The van der Waals surface area contributed by atoms with Crippen LogP contribution in [0.25, 0.3) is 11.0 Å². The first-order valence-corrected chi connectivity index (χ1v) is 6.27. The van der Waals surface area contributed by atoms with Crippen LogP contribution < -0.4 is 5.32 Å². The molecule has 84 valence electrons. The van der Waals surface area contributed by atoms with Crippen molar-refractivity contribution in [3.05, 3.63) is 40.8 Å². The molecule has 2 N–H and O–H groups in total. The molecule has 0 spiro atoms. The van der Waals surface area contributed by atoms with Gasteiger partial charge in [-0.15, -0.1) is 11.3 Å². The maximum absolute atomic E-state index is 5.24. The van der Waals surface area contributed by atoms with E-state index in [2.05, 4.69) is 20.3 Å². The van der Waals surface area contributed by atoms with E-state index in [-0.39, 0.29) is 0 Å². The van der Waals surface area contributed by atoms with E-state index in [0.29, 0.717) is 10.9 Å². The van der Waals surface area contributed by atoms with Gasteiger partial charge in [0.05, 0.1) is 11.0 Å². The van der Waals surface area contributed by atoms with Crippen LogP contribution in [0, 0.1) is 0 Å². The van der Waals surface area contributed by atoms with Crippen molar-refractivity contribution in [3.63, 3.8) is 0 Å². The number of hydrogen-bond donors (Lipinski definition) is 2. The van der Waals surface area contributed by atoms with E-state index in [1.165, 1.54) is 11.3 Å². The summed E-state index contributed by atoms with van der Waals surface area (Å²) in [5.74, 6) is 0.645. The van der Waals surface area contributed by atoms with Crippen LogP contribution in [-0.2, 0) is 0 Å². The molecule has 17 heavy (non-hydrogen) atoms. The number of aromatic nitrogens is 3. The number of aromatic amines is 1. The van der Waals surface area contributed by atoms with E-state index in [4.69, 9.17) is 12.2 Å². The highest BCUT2D eigenvalue weighted by molar-refractivity contribution is 7.81. The van der Waals surface area contributed by atoms with Crippen LogP contribution in [0.3, 0.4) is 0 Å². The van der Waals surface area contributed by atoms with Crippen LogP contribution >= 0.6 is 23.6 Å². The normalized spacial score (nSPS) is 10.6.